The van der Waals surface area contributed by atoms with Gasteiger partial charge >= 0.3 is 0 Å². The van der Waals surface area contributed by atoms with E-state index < -0.39 is 0 Å². The van der Waals surface area contributed by atoms with Crippen LogP contribution >= 0.6 is 11.6 Å². The molecule has 0 aromatic heterocycles. The summed E-state index contributed by atoms with van der Waals surface area (Å²) in [6, 6.07) is 12.4. The van der Waals surface area contributed by atoms with E-state index in [1.807, 2.05) is 6.07 Å². The molecule has 1 radical (unpaired) electrons. The van der Waals surface area contributed by atoms with Gasteiger partial charge in [-0.05, 0) is 35.9 Å². The molecule has 0 aliphatic heterocycles. The Morgan fingerprint density at radius 1 is 1.07 bits per heavy atom. The summed E-state index contributed by atoms with van der Waals surface area (Å²) < 4.78 is 0. The molecular formula is C12H8ClO2. The molecule has 2 nitrogen and oxygen atoms in total. The summed E-state index contributed by atoms with van der Waals surface area (Å²) in [6.45, 7) is 0. The highest BCUT2D eigenvalue weighted by Crippen LogP contribution is 2.31. The van der Waals surface area contributed by atoms with Crippen molar-refractivity contribution in [3.05, 3.63) is 47.5 Å². The highest BCUT2D eigenvalue weighted by molar-refractivity contribution is 6.33. The third-order valence-corrected chi connectivity index (χ3v) is 2.31. The zero-order valence-corrected chi connectivity index (χ0v) is 8.49. The van der Waals surface area contributed by atoms with E-state index in [4.69, 9.17) is 11.6 Å². The van der Waals surface area contributed by atoms with Crippen molar-refractivity contribution in [3.63, 3.8) is 0 Å². The van der Waals surface area contributed by atoms with E-state index >= 15 is 0 Å². The summed E-state index contributed by atoms with van der Waals surface area (Å²) in [5, 5.41) is 18.9. The number of phenols is 2. The van der Waals surface area contributed by atoms with Gasteiger partial charge in [0.05, 0.1) is 5.02 Å². The standard InChI is InChI=1S/C12H8ClO2/c13-12-7-10(15)4-5-11(12)8-2-1-3-9(14)6-8/h1-4,6-7,14-15H. The number of halogens is 1. The van der Waals surface area contributed by atoms with Gasteiger partial charge in [-0.2, -0.15) is 0 Å². The number of hydrogen-bond donors (Lipinski definition) is 2. The lowest BCUT2D eigenvalue weighted by Crippen LogP contribution is -1.79. The van der Waals surface area contributed by atoms with Crippen LogP contribution in [0.4, 0.5) is 0 Å². The van der Waals surface area contributed by atoms with E-state index in [1.165, 1.54) is 12.1 Å². The molecule has 2 N–H and O–H groups in total. The van der Waals surface area contributed by atoms with Crippen molar-refractivity contribution in [2.75, 3.05) is 0 Å². The predicted octanol–water partition coefficient (Wildman–Crippen LogP) is 3.22. The minimum atomic E-state index is 0.0731. The Balaban J connectivity index is 2.54. The number of rotatable bonds is 1. The Hall–Kier alpha value is -1.67. The largest absolute Gasteiger partial charge is 0.508 e. The van der Waals surface area contributed by atoms with Crippen LogP contribution in [0.1, 0.15) is 0 Å². The van der Waals surface area contributed by atoms with E-state index in [-0.39, 0.29) is 11.5 Å². The van der Waals surface area contributed by atoms with Crippen LogP contribution in [0, 0.1) is 6.07 Å². The topological polar surface area (TPSA) is 40.5 Å². The van der Waals surface area contributed by atoms with Crippen LogP contribution in [0.2, 0.25) is 5.02 Å². The first kappa shape index (κ1) is 9.87. The normalized spacial score (nSPS) is 10.2. The molecule has 0 aliphatic rings. The molecular weight excluding hydrogens is 212 g/mol. The maximum Gasteiger partial charge on any atom is 0.117 e. The molecule has 2 aromatic carbocycles. The lowest BCUT2D eigenvalue weighted by molar-refractivity contribution is 0.475. The van der Waals surface area contributed by atoms with Crippen molar-refractivity contribution in [1.29, 1.82) is 0 Å². The van der Waals surface area contributed by atoms with Crippen LogP contribution in [-0.4, -0.2) is 10.2 Å². The molecule has 0 saturated carbocycles. The second kappa shape index (κ2) is 3.83. The number of aromatic hydroxyl groups is 2. The Kier molecular flexibility index (Phi) is 2.52. The van der Waals surface area contributed by atoms with Gasteiger partial charge in [0.1, 0.15) is 11.5 Å². The monoisotopic (exact) mass is 219 g/mol. The van der Waals surface area contributed by atoms with Crippen molar-refractivity contribution < 1.29 is 10.2 Å². The smallest absolute Gasteiger partial charge is 0.117 e. The predicted molar refractivity (Wildman–Crippen MR) is 59.1 cm³/mol. The van der Waals surface area contributed by atoms with Crippen LogP contribution in [0.25, 0.3) is 11.1 Å². The van der Waals surface area contributed by atoms with Crippen molar-refractivity contribution in [1.82, 2.24) is 0 Å². The summed E-state index contributed by atoms with van der Waals surface area (Å²) >= 11 is 5.94. The van der Waals surface area contributed by atoms with E-state index in [2.05, 4.69) is 6.07 Å². The maximum atomic E-state index is 9.31. The van der Waals surface area contributed by atoms with Gasteiger partial charge in [0.25, 0.3) is 0 Å². The lowest BCUT2D eigenvalue weighted by atomic mass is 10.1. The summed E-state index contributed by atoms with van der Waals surface area (Å²) in [7, 11) is 0. The van der Waals surface area contributed by atoms with E-state index in [1.54, 1.807) is 18.2 Å². The molecule has 0 amide bonds. The van der Waals surface area contributed by atoms with Gasteiger partial charge in [-0.1, -0.05) is 23.7 Å². The Morgan fingerprint density at radius 3 is 2.53 bits per heavy atom. The van der Waals surface area contributed by atoms with E-state index in [0.717, 1.165) is 5.56 Å². The summed E-state index contributed by atoms with van der Waals surface area (Å²) in [5.41, 5.74) is 1.42. The SMILES string of the molecule is Oc1cccc(-c2[c]cc(O)cc2Cl)c1. The third kappa shape index (κ3) is 2.05. The number of benzene rings is 2. The minimum Gasteiger partial charge on any atom is -0.508 e. The molecule has 2 aromatic rings. The molecule has 75 valence electrons. The second-order valence-electron chi connectivity index (χ2n) is 3.13. The maximum absolute atomic E-state index is 9.31. The molecule has 0 bridgehead atoms. The molecule has 0 saturated heterocycles. The Morgan fingerprint density at radius 2 is 1.87 bits per heavy atom. The first-order valence-corrected chi connectivity index (χ1v) is 4.74. The van der Waals surface area contributed by atoms with Gasteiger partial charge in [-0.3, -0.25) is 0 Å². The van der Waals surface area contributed by atoms with Crippen molar-refractivity contribution >= 4 is 11.6 Å². The zero-order valence-electron chi connectivity index (χ0n) is 7.74. The fourth-order valence-electron chi connectivity index (χ4n) is 1.34. The highest BCUT2D eigenvalue weighted by atomic mass is 35.5. The molecule has 0 aliphatic carbocycles. The third-order valence-electron chi connectivity index (χ3n) is 2.01. The fourth-order valence-corrected chi connectivity index (χ4v) is 1.62. The quantitative estimate of drug-likeness (QED) is 0.773. The van der Waals surface area contributed by atoms with Crippen LogP contribution in [-0.2, 0) is 0 Å². The molecule has 0 atom stereocenters. The van der Waals surface area contributed by atoms with Gasteiger partial charge in [-0.25, -0.2) is 0 Å². The first-order valence-electron chi connectivity index (χ1n) is 4.36. The Bertz CT molecular complexity index is 495. The van der Waals surface area contributed by atoms with Crippen LogP contribution in [0.3, 0.4) is 0 Å². The van der Waals surface area contributed by atoms with E-state index in [9.17, 15) is 10.2 Å². The second-order valence-corrected chi connectivity index (χ2v) is 3.54. The number of phenolic OH excluding ortho intramolecular Hbond substituents is 2. The molecule has 0 heterocycles. The Labute approximate surface area is 92.4 Å². The summed E-state index contributed by atoms with van der Waals surface area (Å²) in [4.78, 5) is 0. The van der Waals surface area contributed by atoms with Crippen molar-refractivity contribution in [2.45, 2.75) is 0 Å². The molecule has 2 rings (SSSR count). The van der Waals surface area contributed by atoms with Gasteiger partial charge in [-0.15, -0.1) is 0 Å². The van der Waals surface area contributed by atoms with Gasteiger partial charge in [0, 0.05) is 5.56 Å². The van der Waals surface area contributed by atoms with Gasteiger partial charge in [0.15, 0.2) is 0 Å². The van der Waals surface area contributed by atoms with E-state index in [0.29, 0.717) is 10.6 Å². The zero-order chi connectivity index (χ0) is 10.8. The van der Waals surface area contributed by atoms with Crippen LogP contribution < -0.4 is 0 Å². The first-order chi connectivity index (χ1) is 7.16. The van der Waals surface area contributed by atoms with Crippen LogP contribution in [0.5, 0.6) is 11.5 Å². The van der Waals surface area contributed by atoms with Crippen molar-refractivity contribution in [3.8, 4) is 22.6 Å². The minimum absolute atomic E-state index is 0.0731. The van der Waals surface area contributed by atoms with Crippen LogP contribution in [0.15, 0.2) is 36.4 Å². The average Bonchev–Trinajstić information content (AvgIpc) is 2.17. The lowest BCUT2D eigenvalue weighted by Gasteiger charge is -2.04. The highest BCUT2D eigenvalue weighted by Gasteiger charge is 2.05. The molecule has 0 fully saturated rings. The summed E-state index contributed by atoms with van der Waals surface area (Å²) in [5.74, 6) is 0.244. The molecule has 0 unspecified atom stereocenters. The van der Waals surface area contributed by atoms with Crippen molar-refractivity contribution in [2.24, 2.45) is 0 Å². The number of hydrogen-bond acceptors (Lipinski definition) is 2. The molecule has 15 heavy (non-hydrogen) atoms. The summed E-state index contributed by atoms with van der Waals surface area (Å²) in [6.07, 6.45) is 0. The van der Waals surface area contributed by atoms with Gasteiger partial charge in [0.2, 0.25) is 0 Å². The average molecular weight is 220 g/mol. The molecule has 3 heteroatoms. The molecule has 0 spiro atoms. The fraction of sp³-hybridized carbons (Fsp3) is 0. The van der Waals surface area contributed by atoms with Gasteiger partial charge < -0.3 is 10.2 Å².